The van der Waals surface area contributed by atoms with Gasteiger partial charge in [0.05, 0.1) is 0 Å². The van der Waals surface area contributed by atoms with Crippen LogP contribution in [-0.2, 0) is 70.6 Å². The molecule has 0 atom stereocenters. The monoisotopic (exact) mass is 1440 g/mol. The number of fused-ring (bicyclic) bond motifs is 35. The van der Waals surface area contributed by atoms with Gasteiger partial charge in [-0.3, -0.25) is 0 Å². The summed E-state index contributed by atoms with van der Waals surface area (Å²) < 4.78 is 0. The summed E-state index contributed by atoms with van der Waals surface area (Å²) in [5.74, 6) is 0. The van der Waals surface area contributed by atoms with E-state index in [0.29, 0.717) is 0 Å². The lowest BCUT2D eigenvalue weighted by Gasteiger charge is -2.16. The Labute approximate surface area is 664 Å². The molecule has 0 saturated carbocycles. The third-order valence-corrected chi connectivity index (χ3v) is 27.0. The Bertz CT molecular complexity index is 6420. The van der Waals surface area contributed by atoms with Crippen molar-refractivity contribution in [2.24, 2.45) is 0 Å². The Kier molecular flexibility index (Phi) is 15.8. The molecule has 536 valence electrons. The average Bonchev–Trinajstić information content (AvgIpc) is 1.62. The Balaban J connectivity index is 0.0000000810. The standard InChI is InChI=1S/3C20H14.C20H18.C20H14.C13H10/c1-3-7-16-14(6-1)12-19-18(16)10-9-15-11-13-5-2-4-8-17(13)20(15)19;1-3-7-17-13(5-1)9-15-11-20-16(12-19(15)17)10-14-6-2-4-8-18(14)20;1-3-7-17-13(5-1)9-15-11-16-10-14-6-2-4-8-18(14)20(16)12-19(15)17;1-3-7-17-13(5-1)11-15-9-10-16-12-14-6-2-4-8-18(14)20(16)19(15)17;1-3-7-15-13(5-1)11-19-17(15)9-10-18-16-8-4-2-6-14(16)12-20(18)19;1-3-7-12-10(5-1)9-11-6-2-4-8-13(11)12/h1-10H,11-12H2;2*1-8,11-12H,9-10H2;1,3,5,7,9-10H,2,4,6,8,11-12H2;1-10H,11-12H2;1-8H,9H2. The molecule has 0 heteroatoms. The minimum atomic E-state index is 1.08. The van der Waals surface area contributed by atoms with Crippen LogP contribution in [0.4, 0.5) is 0 Å². The molecule has 113 heavy (non-hydrogen) atoms. The number of hydrogen-bond acceptors (Lipinski definition) is 0. The van der Waals surface area contributed by atoms with E-state index in [0.717, 1.165) is 64.2 Å². The van der Waals surface area contributed by atoms with Crippen molar-refractivity contribution in [2.75, 3.05) is 0 Å². The van der Waals surface area contributed by atoms with E-state index in [9.17, 15) is 0 Å². The van der Waals surface area contributed by atoms with Gasteiger partial charge in [-0.15, -0.1) is 0 Å². The molecule has 0 bridgehead atoms. The summed E-state index contributed by atoms with van der Waals surface area (Å²) in [6.45, 7) is 0. The van der Waals surface area contributed by atoms with E-state index in [-0.39, 0.29) is 0 Å². The van der Waals surface area contributed by atoms with Crippen molar-refractivity contribution in [1.29, 1.82) is 0 Å². The first kappa shape index (κ1) is 66.1. The summed E-state index contributed by atoms with van der Waals surface area (Å²) >= 11 is 0. The lowest BCUT2D eigenvalue weighted by atomic mass is 9.88. The predicted molar refractivity (Wildman–Crippen MR) is 470 cm³/mol. The lowest BCUT2D eigenvalue weighted by molar-refractivity contribution is 0.711. The molecule has 16 aromatic rings. The zero-order valence-electron chi connectivity index (χ0n) is 63.8. The van der Waals surface area contributed by atoms with Gasteiger partial charge in [0.15, 0.2) is 0 Å². The van der Waals surface area contributed by atoms with E-state index < -0.39 is 0 Å². The maximum atomic E-state index is 2.44. The zero-order valence-corrected chi connectivity index (χ0v) is 63.8. The highest BCUT2D eigenvalue weighted by Gasteiger charge is 2.34. The van der Waals surface area contributed by atoms with E-state index in [4.69, 9.17) is 0 Å². The summed E-state index contributed by atoms with van der Waals surface area (Å²) in [6, 6.07) is 121. The minimum absolute atomic E-state index is 1.08. The SMILES string of the molecule is c1ccc2c(c1)Cc1c-2ccc2c1-c1ccccc1C2.c1ccc2c(c1)Cc1c-2ccc2c1Cc1ccccc1-2.c1ccc2c(c1)Cc1cc3c(cc1-2)-c1ccccc1C3.c1ccc2c(c1)Cc1cc3c(cc1-2)Cc1ccccc1-3.c1ccc2c(c1)Cc1ccc3c(c1-2)C1=C(CCCC1)C3.c1ccc2c(c1)Cc1ccccc1-2. The molecular weight excluding hydrogens is 1360 g/mol. The molecule has 12 aliphatic rings. The van der Waals surface area contributed by atoms with Gasteiger partial charge in [-0.25, -0.2) is 0 Å². The fourth-order valence-corrected chi connectivity index (χ4v) is 21.8. The summed E-state index contributed by atoms with van der Waals surface area (Å²) in [5, 5.41) is 0. The number of rotatable bonds is 0. The van der Waals surface area contributed by atoms with Crippen LogP contribution in [0.3, 0.4) is 0 Å². The molecule has 0 heterocycles. The largest absolute Gasteiger partial charge is 0.0620 e. The van der Waals surface area contributed by atoms with Gasteiger partial charge in [-0.05, 0) is 354 Å². The van der Waals surface area contributed by atoms with Gasteiger partial charge in [-0.1, -0.05) is 315 Å². The van der Waals surface area contributed by atoms with Crippen molar-refractivity contribution in [3.8, 4) is 111 Å². The smallest absolute Gasteiger partial charge is 0.000718 e. The van der Waals surface area contributed by atoms with Gasteiger partial charge in [-0.2, -0.15) is 0 Å². The lowest BCUT2D eigenvalue weighted by Crippen LogP contribution is -1.95. The molecule has 12 aliphatic carbocycles. The average molecular weight is 1440 g/mol. The van der Waals surface area contributed by atoms with Crippen LogP contribution in [0.2, 0.25) is 0 Å². The normalized spacial score (nSPS) is 14.3. The number of allylic oxidation sites excluding steroid dienone is 2. The predicted octanol–water partition coefficient (Wildman–Crippen LogP) is 27.7. The quantitative estimate of drug-likeness (QED) is 0.142. The van der Waals surface area contributed by atoms with Crippen molar-refractivity contribution in [2.45, 2.75) is 96.3 Å². The fourth-order valence-electron chi connectivity index (χ4n) is 21.8. The zero-order chi connectivity index (χ0) is 74.2. The van der Waals surface area contributed by atoms with E-state index in [1.807, 2.05) is 0 Å². The van der Waals surface area contributed by atoms with Gasteiger partial charge in [0, 0.05) is 0 Å². The van der Waals surface area contributed by atoms with E-state index in [1.165, 1.54) is 232 Å². The molecular formula is C113H84. The molecule has 16 aromatic carbocycles. The first-order valence-corrected chi connectivity index (χ1v) is 41.4. The third-order valence-electron chi connectivity index (χ3n) is 27.0. The van der Waals surface area contributed by atoms with E-state index in [2.05, 4.69) is 328 Å². The molecule has 28 rings (SSSR count). The van der Waals surface area contributed by atoms with Crippen molar-refractivity contribution in [3.63, 3.8) is 0 Å². The van der Waals surface area contributed by atoms with Gasteiger partial charge in [0.25, 0.3) is 0 Å². The van der Waals surface area contributed by atoms with Crippen LogP contribution in [0, 0.1) is 0 Å². The maximum absolute atomic E-state index is 2.44. The van der Waals surface area contributed by atoms with Crippen LogP contribution in [0.25, 0.3) is 117 Å². The molecule has 0 nitrogen and oxygen atoms in total. The highest BCUT2D eigenvalue weighted by molar-refractivity contribution is 5.95. The number of hydrogen-bond donors (Lipinski definition) is 0. The van der Waals surface area contributed by atoms with Crippen LogP contribution in [-0.4, -0.2) is 0 Å². The van der Waals surface area contributed by atoms with E-state index >= 15 is 0 Å². The second-order valence-corrected chi connectivity index (χ2v) is 33.2. The Morgan fingerprint density at radius 2 is 0.381 bits per heavy atom. The second-order valence-electron chi connectivity index (χ2n) is 33.2. The summed E-state index contributed by atoms with van der Waals surface area (Å²) in [6.07, 6.45) is 17.6. The minimum Gasteiger partial charge on any atom is -0.0620 e. The van der Waals surface area contributed by atoms with Crippen molar-refractivity contribution >= 4 is 5.57 Å². The van der Waals surface area contributed by atoms with Crippen molar-refractivity contribution < 1.29 is 0 Å². The van der Waals surface area contributed by atoms with Crippen molar-refractivity contribution in [1.82, 2.24) is 0 Å². The summed E-state index contributed by atoms with van der Waals surface area (Å²) in [5.41, 5.74) is 65.6. The summed E-state index contributed by atoms with van der Waals surface area (Å²) in [7, 11) is 0. The molecule has 0 spiro atoms. The van der Waals surface area contributed by atoms with Gasteiger partial charge < -0.3 is 0 Å². The van der Waals surface area contributed by atoms with Crippen molar-refractivity contribution in [3.05, 3.63) is 456 Å². The van der Waals surface area contributed by atoms with Crippen LogP contribution in [0.1, 0.15) is 148 Å². The van der Waals surface area contributed by atoms with Gasteiger partial charge in [0.1, 0.15) is 0 Å². The molecule has 0 unspecified atom stereocenters. The molecule has 0 fully saturated rings. The molecule has 0 N–H and O–H groups in total. The Hall–Kier alpha value is -12.7. The van der Waals surface area contributed by atoms with Crippen LogP contribution in [0.15, 0.2) is 333 Å². The van der Waals surface area contributed by atoms with Gasteiger partial charge in [0.2, 0.25) is 0 Å². The van der Waals surface area contributed by atoms with Crippen LogP contribution in [0.5, 0.6) is 0 Å². The molecule has 0 radical (unpaired) electrons. The van der Waals surface area contributed by atoms with Gasteiger partial charge >= 0.3 is 0 Å². The second kappa shape index (κ2) is 27.0. The van der Waals surface area contributed by atoms with E-state index in [1.54, 1.807) is 44.5 Å². The number of benzene rings is 16. The van der Waals surface area contributed by atoms with Crippen LogP contribution >= 0.6 is 0 Å². The first-order valence-electron chi connectivity index (χ1n) is 41.4. The fraction of sp³-hybridized carbons (Fsp3) is 0.133. The molecule has 0 aliphatic heterocycles. The molecule has 0 aromatic heterocycles. The highest BCUT2D eigenvalue weighted by atomic mass is 14.4. The van der Waals surface area contributed by atoms with Crippen LogP contribution < -0.4 is 0 Å². The highest BCUT2D eigenvalue weighted by Crippen LogP contribution is 2.54. The Morgan fingerprint density at radius 3 is 0.788 bits per heavy atom. The topological polar surface area (TPSA) is 0 Å². The maximum Gasteiger partial charge on any atom is -0.000718 e. The Morgan fingerprint density at radius 1 is 0.133 bits per heavy atom. The third kappa shape index (κ3) is 11.1. The molecule has 0 amide bonds. The summed E-state index contributed by atoms with van der Waals surface area (Å²) in [4.78, 5) is 0. The first-order chi connectivity index (χ1) is 56.0. The molecule has 0 saturated heterocycles.